The lowest BCUT2D eigenvalue weighted by molar-refractivity contribution is -0.139. The molecule has 0 fully saturated rings. The molecular formula is C14H24N2O4. The molecule has 20 heavy (non-hydrogen) atoms. The maximum atomic E-state index is 12.1. The summed E-state index contributed by atoms with van der Waals surface area (Å²) in [6.45, 7) is 9.64. The zero-order chi connectivity index (χ0) is 15.5. The lowest BCUT2D eigenvalue weighted by Crippen LogP contribution is -2.48. The molecule has 0 bridgehead atoms. The monoisotopic (exact) mass is 284 g/mol. The summed E-state index contributed by atoms with van der Waals surface area (Å²) in [7, 11) is 0. The molecule has 0 spiro atoms. The summed E-state index contributed by atoms with van der Waals surface area (Å²) in [6.07, 6.45) is -0.0373. The summed E-state index contributed by atoms with van der Waals surface area (Å²) in [5.74, 6) is -0.402. The van der Waals surface area contributed by atoms with E-state index in [1.54, 1.807) is 13.8 Å². The Morgan fingerprint density at radius 1 is 1.40 bits per heavy atom. The maximum absolute atomic E-state index is 12.1. The molecule has 1 amide bonds. The fraction of sp³-hybridized carbons (Fsp3) is 0.714. The first-order valence-corrected chi connectivity index (χ1v) is 6.82. The highest BCUT2D eigenvalue weighted by atomic mass is 16.6. The van der Waals surface area contributed by atoms with Crippen LogP contribution in [-0.4, -0.2) is 41.8 Å². The number of ether oxygens (including phenoxy) is 2. The van der Waals surface area contributed by atoms with Gasteiger partial charge in [0.25, 0.3) is 0 Å². The minimum atomic E-state index is -0.559. The molecule has 0 aliphatic carbocycles. The van der Waals surface area contributed by atoms with Crippen LogP contribution < -0.4 is 5.73 Å². The molecule has 0 unspecified atom stereocenters. The van der Waals surface area contributed by atoms with Crippen molar-refractivity contribution in [2.75, 3.05) is 13.2 Å². The van der Waals surface area contributed by atoms with E-state index < -0.39 is 17.7 Å². The molecule has 0 saturated carbocycles. The van der Waals surface area contributed by atoms with E-state index in [9.17, 15) is 9.59 Å². The minimum Gasteiger partial charge on any atom is -0.463 e. The maximum Gasteiger partial charge on any atom is 0.410 e. The third-order valence-corrected chi connectivity index (χ3v) is 3.02. The second-order valence-electron chi connectivity index (χ2n) is 5.75. The number of carbonyl (C=O) groups is 2. The van der Waals surface area contributed by atoms with Crippen LogP contribution in [0, 0.1) is 0 Å². The van der Waals surface area contributed by atoms with Crippen LogP contribution in [0.25, 0.3) is 0 Å². The van der Waals surface area contributed by atoms with Crippen molar-refractivity contribution in [3.05, 3.63) is 11.3 Å². The van der Waals surface area contributed by atoms with Crippen LogP contribution >= 0.6 is 0 Å². The van der Waals surface area contributed by atoms with Crippen LogP contribution in [0.4, 0.5) is 4.79 Å². The molecule has 6 heteroatoms. The van der Waals surface area contributed by atoms with Gasteiger partial charge in [0.05, 0.1) is 18.2 Å². The predicted molar refractivity (Wildman–Crippen MR) is 74.9 cm³/mol. The van der Waals surface area contributed by atoms with E-state index in [-0.39, 0.29) is 6.04 Å². The number of nitrogens with two attached hydrogens (primary N) is 1. The number of hydrogen-bond acceptors (Lipinski definition) is 5. The van der Waals surface area contributed by atoms with Gasteiger partial charge in [-0.25, -0.2) is 9.59 Å². The van der Waals surface area contributed by atoms with E-state index in [4.69, 9.17) is 15.2 Å². The van der Waals surface area contributed by atoms with Crippen LogP contribution in [0.1, 0.15) is 41.0 Å². The summed E-state index contributed by atoms with van der Waals surface area (Å²) in [5, 5.41) is 0. The van der Waals surface area contributed by atoms with Gasteiger partial charge in [0.2, 0.25) is 0 Å². The number of rotatable bonds is 2. The quantitative estimate of drug-likeness (QED) is 0.782. The molecule has 2 N–H and O–H groups in total. The van der Waals surface area contributed by atoms with Gasteiger partial charge >= 0.3 is 12.1 Å². The molecule has 6 nitrogen and oxygen atoms in total. The number of hydrogen-bond donors (Lipinski definition) is 1. The Balaban J connectivity index is 2.84. The van der Waals surface area contributed by atoms with Crippen LogP contribution in [0.2, 0.25) is 0 Å². The highest BCUT2D eigenvalue weighted by Gasteiger charge is 2.33. The first kappa shape index (κ1) is 16.3. The van der Waals surface area contributed by atoms with Crippen molar-refractivity contribution in [1.82, 2.24) is 4.90 Å². The van der Waals surface area contributed by atoms with Gasteiger partial charge < -0.3 is 15.2 Å². The van der Waals surface area contributed by atoms with E-state index in [1.807, 2.05) is 20.8 Å². The van der Waals surface area contributed by atoms with Gasteiger partial charge in [-0.3, -0.25) is 4.90 Å². The van der Waals surface area contributed by atoms with Gasteiger partial charge in [-0.15, -0.1) is 0 Å². The molecule has 1 aliphatic heterocycles. The Kier molecular flexibility index (Phi) is 5.03. The van der Waals surface area contributed by atoms with Gasteiger partial charge in [-0.1, -0.05) is 0 Å². The van der Waals surface area contributed by atoms with Gasteiger partial charge in [-0.05, 0) is 41.0 Å². The molecule has 1 heterocycles. The van der Waals surface area contributed by atoms with Crippen molar-refractivity contribution in [3.8, 4) is 0 Å². The van der Waals surface area contributed by atoms with Crippen molar-refractivity contribution >= 4 is 12.1 Å². The van der Waals surface area contributed by atoms with Crippen LogP contribution in [0.15, 0.2) is 11.3 Å². The summed E-state index contributed by atoms with van der Waals surface area (Å²) < 4.78 is 10.3. The Labute approximate surface area is 119 Å². The van der Waals surface area contributed by atoms with Crippen LogP contribution in [0.3, 0.4) is 0 Å². The molecule has 0 aromatic carbocycles. The van der Waals surface area contributed by atoms with Gasteiger partial charge in [0.1, 0.15) is 5.60 Å². The standard InChI is InChI=1S/C14H24N2O4/c1-6-19-12(17)10-7-8-16(9(2)11(10)15)13(18)20-14(3,4)5/h9H,6-8,15H2,1-5H3/t9-/m0/s1. The smallest absolute Gasteiger partial charge is 0.410 e. The van der Waals surface area contributed by atoms with Crippen molar-refractivity contribution in [2.24, 2.45) is 5.73 Å². The molecule has 0 aromatic heterocycles. The molecular weight excluding hydrogens is 260 g/mol. The summed E-state index contributed by atoms with van der Waals surface area (Å²) in [5.41, 5.74) is 6.25. The fourth-order valence-corrected chi connectivity index (χ4v) is 2.00. The number of amides is 1. The summed E-state index contributed by atoms with van der Waals surface area (Å²) in [4.78, 5) is 25.4. The second kappa shape index (κ2) is 6.15. The summed E-state index contributed by atoms with van der Waals surface area (Å²) in [6, 6.07) is -0.377. The Hall–Kier alpha value is -1.72. The average Bonchev–Trinajstić information content (AvgIpc) is 2.30. The lowest BCUT2D eigenvalue weighted by atomic mass is 10.00. The zero-order valence-electron chi connectivity index (χ0n) is 12.9. The van der Waals surface area contributed by atoms with E-state index >= 15 is 0 Å². The number of esters is 1. The van der Waals surface area contributed by atoms with Crippen molar-refractivity contribution in [3.63, 3.8) is 0 Å². The molecule has 1 rings (SSSR count). The molecule has 1 atom stereocenters. The largest absolute Gasteiger partial charge is 0.463 e. The van der Waals surface area contributed by atoms with E-state index in [0.717, 1.165) is 0 Å². The van der Waals surface area contributed by atoms with Gasteiger partial charge in [0.15, 0.2) is 0 Å². The zero-order valence-corrected chi connectivity index (χ0v) is 12.9. The minimum absolute atomic E-state index is 0.305. The highest BCUT2D eigenvalue weighted by Crippen LogP contribution is 2.23. The van der Waals surface area contributed by atoms with Gasteiger partial charge in [0, 0.05) is 12.2 Å². The Morgan fingerprint density at radius 3 is 2.50 bits per heavy atom. The summed E-state index contributed by atoms with van der Waals surface area (Å²) >= 11 is 0. The Morgan fingerprint density at radius 2 is 2.00 bits per heavy atom. The molecule has 0 aromatic rings. The average molecular weight is 284 g/mol. The van der Waals surface area contributed by atoms with E-state index in [2.05, 4.69) is 0 Å². The lowest BCUT2D eigenvalue weighted by Gasteiger charge is -2.35. The fourth-order valence-electron chi connectivity index (χ4n) is 2.00. The third-order valence-electron chi connectivity index (χ3n) is 3.02. The predicted octanol–water partition coefficient (Wildman–Crippen LogP) is 1.79. The normalized spacial score (nSPS) is 19.9. The first-order chi connectivity index (χ1) is 9.17. The van der Waals surface area contributed by atoms with Crippen molar-refractivity contribution in [2.45, 2.75) is 52.7 Å². The number of nitrogens with zero attached hydrogens (tertiary/aromatic N) is 1. The molecule has 114 valence electrons. The van der Waals surface area contributed by atoms with Crippen LogP contribution in [-0.2, 0) is 14.3 Å². The van der Waals surface area contributed by atoms with E-state index in [0.29, 0.717) is 30.8 Å². The highest BCUT2D eigenvalue weighted by molar-refractivity contribution is 5.90. The Bertz CT molecular complexity index is 423. The van der Waals surface area contributed by atoms with Crippen molar-refractivity contribution in [1.29, 1.82) is 0 Å². The topological polar surface area (TPSA) is 81.9 Å². The molecule has 1 aliphatic rings. The van der Waals surface area contributed by atoms with Crippen LogP contribution in [0.5, 0.6) is 0 Å². The number of carbonyl (C=O) groups excluding carboxylic acids is 2. The SMILES string of the molecule is CCOC(=O)C1=C(N)[C@H](C)N(C(=O)OC(C)(C)C)CC1. The first-order valence-electron chi connectivity index (χ1n) is 6.82. The van der Waals surface area contributed by atoms with Gasteiger partial charge in [-0.2, -0.15) is 0 Å². The molecule has 0 saturated heterocycles. The molecule has 0 radical (unpaired) electrons. The van der Waals surface area contributed by atoms with E-state index in [1.165, 1.54) is 4.90 Å². The van der Waals surface area contributed by atoms with Crippen molar-refractivity contribution < 1.29 is 19.1 Å². The second-order valence-corrected chi connectivity index (χ2v) is 5.75. The third kappa shape index (κ3) is 3.88.